The molecule has 2 aromatic carbocycles. The number of nitrogens with one attached hydrogen (secondary N) is 1. The van der Waals surface area contributed by atoms with E-state index in [1.54, 1.807) is 0 Å². The molecule has 0 atom stereocenters. The van der Waals surface area contributed by atoms with Crippen molar-refractivity contribution in [2.45, 2.75) is 38.3 Å². The zero-order valence-electron chi connectivity index (χ0n) is 11.8. The van der Waals surface area contributed by atoms with Gasteiger partial charge in [0.15, 0.2) is 0 Å². The molecule has 0 aliphatic heterocycles. The molecule has 0 unspecified atom stereocenters. The van der Waals surface area contributed by atoms with Crippen molar-refractivity contribution in [3.63, 3.8) is 0 Å². The molecule has 1 nitrogen and oxygen atoms in total. The van der Waals surface area contributed by atoms with Crippen LogP contribution >= 0.6 is 11.6 Å². The second-order valence-electron chi connectivity index (χ2n) is 5.79. The first-order valence-electron chi connectivity index (χ1n) is 7.25. The van der Waals surface area contributed by atoms with Gasteiger partial charge < -0.3 is 5.32 Å². The first-order chi connectivity index (χ1) is 9.70. The number of hydrogen-bond donors (Lipinski definition) is 1. The van der Waals surface area contributed by atoms with E-state index in [0.29, 0.717) is 12.0 Å². The summed E-state index contributed by atoms with van der Waals surface area (Å²) in [5.41, 5.74) is 4.06. The summed E-state index contributed by atoms with van der Waals surface area (Å²) >= 11 is 6.04. The van der Waals surface area contributed by atoms with Gasteiger partial charge in [-0.25, -0.2) is 0 Å². The van der Waals surface area contributed by atoms with E-state index in [2.05, 4.69) is 48.6 Å². The van der Waals surface area contributed by atoms with Crippen LogP contribution in [0.25, 0.3) is 0 Å². The Labute approximate surface area is 126 Å². The van der Waals surface area contributed by atoms with E-state index in [-0.39, 0.29) is 0 Å². The van der Waals surface area contributed by atoms with Crippen LogP contribution in [0.15, 0.2) is 48.5 Å². The highest BCUT2D eigenvalue weighted by Crippen LogP contribution is 2.37. The lowest BCUT2D eigenvalue weighted by Crippen LogP contribution is -2.39. The minimum atomic E-state index is 0.639. The molecule has 104 valence electrons. The van der Waals surface area contributed by atoms with Crippen LogP contribution in [-0.4, -0.2) is 6.04 Å². The van der Waals surface area contributed by atoms with Gasteiger partial charge in [0.2, 0.25) is 0 Å². The van der Waals surface area contributed by atoms with Crippen LogP contribution in [0, 0.1) is 6.92 Å². The minimum Gasteiger partial charge on any atom is -0.310 e. The Morgan fingerprint density at radius 3 is 2.55 bits per heavy atom. The van der Waals surface area contributed by atoms with Gasteiger partial charge in [-0.1, -0.05) is 53.6 Å². The van der Waals surface area contributed by atoms with Crippen molar-refractivity contribution < 1.29 is 0 Å². The summed E-state index contributed by atoms with van der Waals surface area (Å²) in [6.07, 6.45) is 2.43. The van der Waals surface area contributed by atoms with E-state index in [9.17, 15) is 0 Å². The molecule has 20 heavy (non-hydrogen) atoms. The molecule has 0 aromatic heterocycles. The Balaban J connectivity index is 1.48. The third-order valence-electron chi connectivity index (χ3n) is 4.17. The molecule has 1 saturated carbocycles. The zero-order valence-corrected chi connectivity index (χ0v) is 12.5. The summed E-state index contributed by atoms with van der Waals surface area (Å²) in [7, 11) is 0. The van der Waals surface area contributed by atoms with Crippen molar-refractivity contribution in [1.29, 1.82) is 0 Å². The van der Waals surface area contributed by atoms with Gasteiger partial charge in [0, 0.05) is 17.6 Å². The predicted molar refractivity (Wildman–Crippen MR) is 85.2 cm³/mol. The molecule has 0 heterocycles. The molecular formula is C18H20ClN. The maximum absolute atomic E-state index is 6.04. The van der Waals surface area contributed by atoms with Crippen molar-refractivity contribution in [2.24, 2.45) is 0 Å². The maximum atomic E-state index is 6.04. The van der Waals surface area contributed by atoms with Gasteiger partial charge >= 0.3 is 0 Å². The Kier molecular flexibility index (Phi) is 4.09. The van der Waals surface area contributed by atoms with Gasteiger partial charge in [-0.15, -0.1) is 0 Å². The molecule has 1 aliphatic rings. The third-order valence-corrected chi connectivity index (χ3v) is 4.41. The smallest absolute Gasteiger partial charge is 0.0408 e. The average molecular weight is 286 g/mol. The minimum absolute atomic E-state index is 0.639. The summed E-state index contributed by atoms with van der Waals surface area (Å²) in [6, 6.07) is 17.7. The van der Waals surface area contributed by atoms with Gasteiger partial charge in [0.1, 0.15) is 0 Å². The standard InChI is InChI=1S/C18H20ClN/c1-13-5-7-14(8-6-13)12-20-18-10-16(11-18)15-3-2-4-17(19)9-15/h2-9,16,18,20H,10-12H2,1H3. The van der Waals surface area contributed by atoms with Crippen molar-refractivity contribution in [3.8, 4) is 0 Å². The molecule has 0 saturated heterocycles. The summed E-state index contributed by atoms with van der Waals surface area (Å²) in [6.45, 7) is 3.09. The Morgan fingerprint density at radius 1 is 1.10 bits per heavy atom. The highest BCUT2D eigenvalue weighted by Gasteiger charge is 2.29. The van der Waals surface area contributed by atoms with Gasteiger partial charge in [0.25, 0.3) is 0 Å². The van der Waals surface area contributed by atoms with Gasteiger partial charge in [-0.2, -0.15) is 0 Å². The van der Waals surface area contributed by atoms with Crippen molar-refractivity contribution in [3.05, 3.63) is 70.2 Å². The topological polar surface area (TPSA) is 12.0 Å². The fourth-order valence-electron chi connectivity index (χ4n) is 2.79. The van der Waals surface area contributed by atoms with Crippen molar-refractivity contribution in [1.82, 2.24) is 5.32 Å². The fraction of sp³-hybridized carbons (Fsp3) is 0.333. The van der Waals surface area contributed by atoms with Gasteiger partial charge in [-0.05, 0) is 48.9 Å². The molecule has 0 bridgehead atoms. The van der Waals surface area contributed by atoms with Crippen LogP contribution in [0.1, 0.15) is 35.4 Å². The largest absolute Gasteiger partial charge is 0.310 e. The van der Waals surface area contributed by atoms with Crippen LogP contribution < -0.4 is 5.32 Å². The van der Waals surface area contributed by atoms with Crippen molar-refractivity contribution >= 4 is 11.6 Å². The average Bonchev–Trinajstić information content (AvgIpc) is 2.39. The second-order valence-corrected chi connectivity index (χ2v) is 6.22. The molecule has 0 spiro atoms. The molecule has 2 heteroatoms. The highest BCUT2D eigenvalue weighted by molar-refractivity contribution is 6.30. The number of halogens is 1. The molecule has 1 fully saturated rings. The molecule has 0 radical (unpaired) electrons. The lowest BCUT2D eigenvalue weighted by atomic mass is 9.76. The van der Waals surface area contributed by atoms with E-state index in [1.165, 1.54) is 29.5 Å². The molecular weight excluding hydrogens is 266 g/mol. The van der Waals surface area contributed by atoms with Gasteiger partial charge in [0.05, 0.1) is 0 Å². The quantitative estimate of drug-likeness (QED) is 0.860. The highest BCUT2D eigenvalue weighted by atomic mass is 35.5. The van der Waals surface area contributed by atoms with Crippen LogP contribution in [0.2, 0.25) is 5.02 Å². The molecule has 2 aromatic rings. The second kappa shape index (κ2) is 5.99. The monoisotopic (exact) mass is 285 g/mol. The Hall–Kier alpha value is -1.31. The molecule has 1 N–H and O–H groups in total. The first-order valence-corrected chi connectivity index (χ1v) is 7.63. The van der Waals surface area contributed by atoms with E-state index >= 15 is 0 Å². The summed E-state index contributed by atoms with van der Waals surface area (Å²) < 4.78 is 0. The van der Waals surface area contributed by atoms with Crippen LogP contribution in [0.5, 0.6) is 0 Å². The summed E-state index contributed by atoms with van der Waals surface area (Å²) in [5.74, 6) is 0.671. The first kappa shape index (κ1) is 13.7. The number of aryl methyl sites for hydroxylation is 1. The van der Waals surface area contributed by atoms with Gasteiger partial charge in [-0.3, -0.25) is 0 Å². The van der Waals surface area contributed by atoms with E-state index < -0.39 is 0 Å². The molecule has 0 amide bonds. The lowest BCUT2D eigenvalue weighted by Gasteiger charge is -2.36. The lowest BCUT2D eigenvalue weighted by molar-refractivity contribution is 0.289. The van der Waals surface area contributed by atoms with Crippen molar-refractivity contribution in [2.75, 3.05) is 0 Å². The zero-order chi connectivity index (χ0) is 13.9. The van der Waals surface area contributed by atoms with Crippen LogP contribution in [0.3, 0.4) is 0 Å². The third kappa shape index (κ3) is 3.23. The fourth-order valence-corrected chi connectivity index (χ4v) is 2.98. The van der Waals surface area contributed by atoms with E-state index in [4.69, 9.17) is 11.6 Å². The number of hydrogen-bond acceptors (Lipinski definition) is 1. The molecule has 1 aliphatic carbocycles. The number of rotatable bonds is 4. The van der Waals surface area contributed by atoms with Crippen LogP contribution in [-0.2, 0) is 6.54 Å². The molecule has 3 rings (SSSR count). The summed E-state index contributed by atoms with van der Waals surface area (Å²) in [4.78, 5) is 0. The number of benzene rings is 2. The van der Waals surface area contributed by atoms with E-state index in [1.807, 2.05) is 12.1 Å². The SMILES string of the molecule is Cc1ccc(CNC2CC(c3cccc(Cl)c3)C2)cc1. The normalized spacial score (nSPS) is 21.5. The van der Waals surface area contributed by atoms with Crippen LogP contribution in [0.4, 0.5) is 0 Å². The summed E-state index contributed by atoms with van der Waals surface area (Å²) in [5, 5.41) is 4.48. The predicted octanol–water partition coefficient (Wildman–Crippen LogP) is 4.68. The Bertz CT molecular complexity index is 570. The Morgan fingerprint density at radius 2 is 1.85 bits per heavy atom. The maximum Gasteiger partial charge on any atom is 0.0408 e. The van der Waals surface area contributed by atoms with E-state index in [0.717, 1.165) is 11.6 Å².